The van der Waals surface area contributed by atoms with Crippen LogP contribution in [0.1, 0.15) is 5.56 Å². The molecule has 148 valence electrons. The Morgan fingerprint density at radius 1 is 1.07 bits per heavy atom. The lowest BCUT2D eigenvalue weighted by molar-refractivity contribution is -0.119. The molecule has 0 spiro atoms. The van der Waals surface area contributed by atoms with Crippen LogP contribution in [-0.2, 0) is 11.3 Å². The van der Waals surface area contributed by atoms with Crippen molar-refractivity contribution in [1.29, 1.82) is 0 Å². The zero-order valence-electron chi connectivity index (χ0n) is 15.6. The first-order valence-corrected chi connectivity index (χ1v) is 9.07. The van der Waals surface area contributed by atoms with Gasteiger partial charge < -0.3 is 26.0 Å². The van der Waals surface area contributed by atoms with E-state index in [1.807, 2.05) is 23.1 Å². The summed E-state index contributed by atoms with van der Waals surface area (Å²) in [6, 6.07) is 13.8. The van der Waals surface area contributed by atoms with E-state index >= 15 is 0 Å². The molecule has 0 aliphatic carbocycles. The summed E-state index contributed by atoms with van der Waals surface area (Å²) in [6.45, 7) is 3.32. The largest absolute Gasteiger partial charge is 0.484 e. The molecule has 1 heterocycles. The van der Waals surface area contributed by atoms with Crippen molar-refractivity contribution in [3.05, 3.63) is 59.9 Å². The lowest BCUT2D eigenvalue weighted by Crippen LogP contribution is -2.51. The second kappa shape index (κ2) is 9.07. The van der Waals surface area contributed by atoms with Crippen LogP contribution in [0, 0.1) is 5.82 Å². The van der Waals surface area contributed by atoms with Gasteiger partial charge in [-0.2, -0.15) is 0 Å². The zero-order valence-corrected chi connectivity index (χ0v) is 15.6. The van der Waals surface area contributed by atoms with Gasteiger partial charge in [0.1, 0.15) is 11.6 Å². The number of carbonyl (C=O) groups is 1. The van der Waals surface area contributed by atoms with Gasteiger partial charge in [-0.1, -0.05) is 12.1 Å². The number of halogens is 1. The van der Waals surface area contributed by atoms with Crippen LogP contribution >= 0.6 is 0 Å². The molecule has 4 N–H and O–H groups in total. The number of hydrogen-bond donors (Lipinski definition) is 2. The van der Waals surface area contributed by atoms with Crippen molar-refractivity contribution in [1.82, 2.24) is 4.90 Å². The second-order valence-electron chi connectivity index (χ2n) is 6.53. The number of nitrogens with zero attached hydrogens (tertiary/aromatic N) is 3. The summed E-state index contributed by atoms with van der Waals surface area (Å²) >= 11 is 0. The number of guanidine groups is 1. The van der Waals surface area contributed by atoms with Gasteiger partial charge >= 0.3 is 0 Å². The quantitative estimate of drug-likeness (QED) is 0.578. The van der Waals surface area contributed by atoms with Crippen LogP contribution in [0.3, 0.4) is 0 Å². The van der Waals surface area contributed by atoms with Crippen LogP contribution in [0.25, 0.3) is 0 Å². The molecule has 0 radical (unpaired) electrons. The molecule has 0 bridgehead atoms. The number of hydrogen-bond acceptors (Lipinski definition) is 4. The molecule has 28 heavy (non-hydrogen) atoms. The number of carbonyl (C=O) groups excluding carboxylic acids is 1. The van der Waals surface area contributed by atoms with Gasteiger partial charge in [0.05, 0.1) is 6.54 Å². The number of primary amides is 1. The Hall–Kier alpha value is -3.29. The minimum Gasteiger partial charge on any atom is -0.484 e. The first kappa shape index (κ1) is 19.5. The van der Waals surface area contributed by atoms with Gasteiger partial charge in [0.2, 0.25) is 0 Å². The Balaban J connectivity index is 1.52. The molecule has 0 aromatic heterocycles. The Bertz CT molecular complexity index is 833. The van der Waals surface area contributed by atoms with E-state index in [-0.39, 0.29) is 12.4 Å². The van der Waals surface area contributed by atoms with E-state index in [1.54, 1.807) is 18.2 Å². The highest BCUT2D eigenvalue weighted by atomic mass is 19.1. The molecule has 3 rings (SSSR count). The molecule has 2 aromatic rings. The summed E-state index contributed by atoms with van der Waals surface area (Å²) in [5, 5.41) is 0. The lowest BCUT2D eigenvalue weighted by Gasteiger charge is -2.36. The SMILES string of the molecule is NC(=O)COc1cccc(CN=C(N)N2CCN(c3ccc(F)cc3)CC2)c1. The molecule has 0 unspecified atom stereocenters. The van der Waals surface area contributed by atoms with E-state index in [1.165, 1.54) is 12.1 Å². The number of rotatable bonds is 6. The van der Waals surface area contributed by atoms with Crippen molar-refractivity contribution in [2.24, 2.45) is 16.5 Å². The number of nitrogens with two attached hydrogens (primary N) is 2. The normalized spacial score (nSPS) is 14.8. The minimum absolute atomic E-state index is 0.160. The maximum atomic E-state index is 13.1. The van der Waals surface area contributed by atoms with Gasteiger partial charge in [0.25, 0.3) is 5.91 Å². The van der Waals surface area contributed by atoms with Crippen molar-refractivity contribution < 1.29 is 13.9 Å². The average molecular weight is 385 g/mol. The standard InChI is InChI=1S/C20H24FN5O2/c21-16-4-6-17(7-5-16)25-8-10-26(11-9-25)20(23)24-13-15-2-1-3-18(12-15)28-14-19(22)27/h1-7,12H,8-11,13-14H2,(H2,22,27)(H2,23,24). The van der Waals surface area contributed by atoms with E-state index < -0.39 is 5.91 Å². The summed E-state index contributed by atoms with van der Waals surface area (Å²) < 4.78 is 18.4. The molecule has 1 saturated heterocycles. The smallest absolute Gasteiger partial charge is 0.255 e. The van der Waals surface area contributed by atoms with Crippen molar-refractivity contribution >= 4 is 17.6 Å². The van der Waals surface area contributed by atoms with Crippen LogP contribution in [0.15, 0.2) is 53.5 Å². The topological polar surface area (TPSA) is 97.2 Å². The van der Waals surface area contributed by atoms with Crippen molar-refractivity contribution in [3.63, 3.8) is 0 Å². The maximum Gasteiger partial charge on any atom is 0.255 e. The summed E-state index contributed by atoms with van der Waals surface area (Å²) in [5.41, 5.74) is 13.2. The molecule has 0 atom stereocenters. The third kappa shape index (κ3) is 5.35. The third-order valence-corrected chi connectivity index (χ3v) is 4.50. The predicted octanol–water partition coefficient (Wildman–Crippen LogP) is 1.33. The van der Waals surface area contributed by atoms with E-state index in [0.717, 1.165) is 37.4 Å². The van der Waals surface area contributed by atoms with Crippen molar-refractivity contribution in [2.45, 2.75) is 6.54 Å². The zero-order chi connectivity index (χ0) is 19.9. The number of aliphatic imine (C=N–C) groups is 1. The number of amides is 1. The minimum atomic E-state index is -0.521. The van der Waals surface area contributed by atoms with Crippen LogP contribution in [0.4, 0.5) is 10.1 Å². The molecular weight excluding hydrogens is 361 g/mol. The number of ether oxygens (including phenoxy) is 1. The molecule has 1 amide bonds. The Labute approximate surface area is 163 Å². The first-order valence-electron chi connectivity index (χ1n) is 9.07. The van der Waals surface area contributed by atoms with Gasteiger partial charge in [-0.25, -0.2) is 9.38 Å². The van der Waals surface area contributed by atoms with E-state index in [4.69, 9.17) is 16.2 Å². The molecule has 1 fully saturated rings. The molecule has 7 nitrogen and oxygen atoms in total. The average Bonchev–Trinajstić information content (AvgIpc) is 2.71. The lowest BCUT2D eigenvalue weighted by atomic mass is 10.2. The summed E-state index contributed by atoms with van der Waals surface area (Å²) in [7, 11) is 0. The number of benzene rings is 2. The van der Waals surface area contributed by atoms with Crippen molar-refractivity contribution in [3.8, 4) is 5.75 Å². The second-order valence-corrected chi connectivity index (χ2v) is 6.53. The third-order valence-electron chi connectivity index (χ3n) is 4.50. The van der Waals surface area contributed by atoms with Crippen molar-refractivity contribution in [2.75, 3.05) is 37.7 Å². The van der Waals surface area contributed by atoms with Crippen LogP contribution in [0.5, 0.6) is 5.75 Å². The van der Waals surface area contributed by atoms with Crippen LogP contribution in [-0.4, -0.2) is 49.6 Å². The highest BCUT2D eigenvalue weighted by molar-refractivity contribution is 5.78. The van der Waals surface area contributed by atoms with Gasteiger partial charge in [-0.15, -0.1) is 0 Å². The Kier molecular flexibility index (Phi) is 6.31. The summed E-state index contributed by atoms with van der Waals surface area (Å²) in [6.07, 6.45) is 0. The fourth-order valence-corrected chi connectivity index (χ4v) is 3.01. The molecular formula is C20H24FN5O2. The van der Waals surface area contributed by atoms with Crippen LogP contribution < -0.4 is 21.1 Å². The Morgan fingerprint density at radius 3 is 2.46 bits per heavy atom. The fraction of sp³-hybridized carbons (Fsp3) is 0.300. The highest BCUT2D eigenvalue weighted by Gasteiger charge is 2.18. The Morgan fingerprint density at radius 2 is 1.79 bits per heavy atom. The van der Waals surface area contributed by atoms with E-state index in [2.05, 4.69) is 9.89 Å². The van der Waals surface area contributed by atoms with Gasteiger partial charge in [-0.05, 0) is 42.0 Å². The number of anilines is 1. The predicted molar refractivity (Wildman–Crippen MR) is 107 cm³/mol. The van der Waals surface area contributed by atoms with Gasteiger partial charge in [0.15, 0.2) is 12.6 Å². The molecule has 8 heteroatoms. The van der Waals surface area contributed by atoms with Gasteiger partial charge in [0, 0.05) is 31.9 Å². The van der Waals surface area contributed by atoms with E-state index in [0.29, 0.717) is 18.3 Å². The molecule has 1 aliphatic rings. The first-order chi connectivity index (χ1) is 13.5. The van der Waals surface area contributed by atoms with Gasteiger partial charge in [-0.3, -0.25) is 4.79 Å². The summed E-state index contributed by atoms with van der Waals surface area (Å²) in [4.78, 5) is 19.5. The molecule has 1 aliphatic heterocycles. The highest BCUT2D eigenvalue weighted by Crippen LogP contribution is 2.17. The molecule has 0 saturated carbocycles. The number of piperazine rings is 1. The maximum absolute atomic E-state index is 13.1. The fourth-order valence-electron chi connectivity index (χ4n) is 3.01. The van der Waals surface area contributed by atoms with Crippen LogP contribution in [0.2, 0.25) is 0 Å². The monoisotopic (exact) mass is 385 g/mol. The summed E-state index contributed by atoms with van der Waals surface area (Å²) in [5.74, 6) is 0.301. The van der Waals surface area contributed by atoms with E-state index in [9.17, 15) is 9.18 Å². The molecule has 2 aromatic carbocycles.